The van der Waals surface area contributed by atoms with E-state index in [1.54, 1.807) is 0 Å². The van der Waals surface area contributed by atoms with Crippen molar-refractivity contribution in [2.45, 2.75) is 71.0 Å². The number of Topliss-reactive ketones (excluding diaryl/α,β-unsaturated/α-hetero) is 1. The minimum absolute atomic E-state index is 0.000470. The van der Waals surface area contributed by atoms with Gasteiger partial charge in [0, 0.05) is 11.8 Å². The van der Waals surface area contributed by atoms with Crippen LogP contribution in [0.25, 0.3) is 0 Å². The van der Waals surface area contributed by atoms with Gasteiger partial charge in [-0.25, -0.2) is 0 Å². The van der Waals surface area contributed by atoms with E-state index < -0.39 is 6.10 Å². The van der Waals surface area contributed by atoms with Gasteiger partial charge >= 0.3 is 0 Å². The van der Waals surface area contributed by atoms with Gasteiger partial charge < -0.3 is 10.2 Å². The summed E-state index contributed by atoms with van der Waals surface area (Å²) in [6.45, 7) is 8.87. The molecule has 0 radical (unpaired) electrons. The first-order valence-corrected chi connectivity index (χ1v) is 9.37. The summed E-state index contributed by atoms with van der Waals surface area (Å²) < 4.78 is 0. The third-order valence-electron chi connectivity index (χ3n) is 8.46. The molecule has 3 heteroatoms. The molecule has 0 spiro atoms. The van der Waals surface area contributed by atoms with E-state index in [2.05, 4.69) is 20.4 Å². The highest BCUT2D eigenvalue weighted by molar-refractivity contribution is 5.87. The van der Waals surface area contributed by atoms with Crippen molar-refractivity contribution in [2.75, 3.05) is 0 Å². The molecule has 0 aliphatic heterocycles. The van der Waals surface area contributed by atoms with Crippen molar-refractivity contribution >= 4 is 5.78 Å². The van der Waals surface area contributed by atoms with Gasteiger partial charge in [0.1, 0.15) is 6.10 Å². The summed E-state index contributed by atoms with van der Waals surface area (Å²) in [5.74, 6) is 0.742. The molecular formula is C20H30O3. The Kier molecular flexibility index (Phi) is 3.39. The van der Waals surface area contributed by atoms with Crippen LogP contribution in [-0.2, 0) is 4.79 Å². The van der Waals surface area contributed by atoms with E-state index in [1.807, 2.05) is 0 Å². The van der Waals surface area contributed by atoms with E-state index in [0.29, 0.717) is 18.3 Å². The Morgan fingerprint density at radius 3 is 2.52 bits per heavy atom. The lowest BCUT2D eigenvalue weighted by Crippen LogP contribution is -2.62. The first-order valence-electron chi connectivity index (χ1n) is 9.37. The summed E-state index contributed by atoms with van der Waals surface area (Å²) in [5, 5.41) is 20.8. The molecule has 8 atom stereocenters. The highest BCUT2D eigenvalue weighted by Gasteiger charge is 2.64. The van der Waals surface area contributed by atoms with E-state index in [9.17, 15) is 15.0 Å². The summed E-state index contributed by atoms with van der Waals surface area (Å²) in [6, 6.07) is 0. The summed E-state index contributed by atoms with van der Waals surface area (Å²) in [7, 11) is 0. The highest BCUT2D eigenvalue weighted by atomic mass is 16.3. The molecule has 0 saturated heterocycles. The second kappa shape index (κ2) is 4.92. The molecule has 128 valence electrons. The molecule has 23 heavy (non-hydrogen) atoms. The van der Waals surface area contributed by atoms with Crippen molar-refractivity contribution in [3.8, 4) is 0 Å². The average molecular weight is 318 g/mol. The van der Waals surface area contributed by atoms with E-state index in [-0.39, 0.29) is 34.6 Å². The lowest BCUT2D eigenvalue weighted by Gasteiger charge is -2.60. The van der Waals surface area contributed by atoms with Crippen LogP contribution in [0.15, 0.2) is 12.2 Å². The maximum absolute atomic E-state index is 13.1. The number of hydrogen-bond donors (Lipinski definition) is 2. The molecule has 4 aliphatic rings. The normalized spacial score (nSPS) is 56.0. The van der Waals surface area contributed by atoms with Crippen molar-refractivity contribution in [3.05, 3.63) is 12.2 Å². The quantitative estimate of drug-likeness (QED) is 0.675. The van der Waals surface area contributed by atoms with Crippen molar-refractivity contribution in [1.29, 1.82) is 0 Å². The fourth-order valence-corrected chi connectivity index (χ4v) is 6.87. The first kappa shape index (κ1) is 15.8. The van der Waals surface area contributed by atoms with Gasteiger partial charge in [0.2, 0.25) is 0 Å². The molecule has 0 aromatic carbocycles. The number of ketones is 1. The van der Waals surface area contributed by atoms with Gasteiger partial charge in [-0.1, -0.05) is 26.0 Å². The summed E-state index contributed by atoms with van der Waals surface area (Å²) in [5.41, 5.74) is 1.41. The smallest absolute Gasteiger partial charge is 0.165 e. The molecule has 0 bridgehead atoms. The minimum Gasteiger partial charge on any atom is -0.393 e. The molecule has 3 nitrogen and oxygen atoms in total. The lowest BCUT2D eigenvalue weighted by molar-refractivity contribution is -0.180. The maximum Gasteiger partial charge on any atom is 0.165 e. The molecule has 4 rings (SSSR count). The number of rotatable bonds is 0. The fraction of sp³-hybridized carbons (Fsp3) is 0.850. The van der Waals surface area contributed by atoms with Gasteiger partial charge in [-0.15, -0.1) is 0 Å². The van der Waals surface area contributed by atoms with Crippen LogP contribution in [0.4, 0.5) is 0 Å². The third kappa shape index (κ3) is 1.93. The molecule has 0 aromatic heterocycles. The van der Waals surface area contributed by atoms with E-state index >= 15 is 0 Å². The Hall–Kier alpha value is -0.670. The third-order valence-corrected chi connectivity index (χ3v) is 8.46. The highest BCUT2D eigenvalue weighted by Crippen LogP contribution is 2.66. The Labute approximate surface area is 139 Å². The zero-order valence-corrected chi connectivity index (χ0v) is 14.4. The average Bonchev–Trinajstić information content (AvgIpc) is 2.82. The molecule has 4 saturated carbocycles. The van der Waals surface area contributed by atoms with Crippen molar-refractivity contribution in [3.63, 3.8) is 0 Å². The van der Waals surface area contributed by atoms with Crippen molar-refractivity contribution in [1.82, 2.24) is 0 Å². The van der Waals surface area contributed by atoms with Crippen LogP contribution in [-0.4, -0.2) is 28.2 Å². The number of carbonyl (C=O) groups is 1. The predicted octanol–water partition coefficient (Wildman–Crippen LogP) is 3.10. The lowest BCUT2D eigenvalue weighted by atomic mass is 9.44. The summed E-state index contributed by atoms with van der Waals surface area (Å²) >= 11 is 0. The van der Waals surface area contributed by atoms with Gasteiger partial charge in [-0.2, -0.15) is 0 Å². The zero-order valence-electron chi connectivity index (χ0n) is 14.4. The van der Waals surface area contributed by atoms with Gasteiger partial charge in [0.05, 0.1) is 6.10 Å². The topological polar surface area (TPSA) is 57.5 Å². The van der Waals surface area contributed by atoms with Crippen molar-refractivity contribution in [2.24, 2.45) is 34.5 Å². The number of carbonyl (C=O) groups excluding carboxylic acids is 1. The number of aliphatic hydroxyl groups excluding tert-OH is 2. The number of allylic oxidation sites excluding steroid dienone is 1. The van der Waals surface area contributed by atoms with Gasteiger partial charge in [-0.3, -0.25) is 4.79 Å². The van der Waals surface area contributed by atoms with Crippen LogP contribution in [0.5, 0.6) is 0 Å². The fourth-order valence-electron chi connectivity index (χ4n) is 6.87. The van der Waals surface area contributed by atoms with Crippen LogP contribution >= 0.6 is 0 Å². The standard InChI is InChI=1S/C20H30O3/c1-11-4-5-13-16-14(7-9-19(11,13)2)20(3)8-6-12(21)10-15(20)17(22)18(16)23/h12-17,21-22H,1,4-10H2,2-3H3/t12-,13-,14-,15+,16?,17+,19+,20+/m0/s1. The Balaban J connectivity index is 1.74. The number of fused-ring (bicyclic) bond motifs is 5. The maximum atomic E-state index is 13.1. The van der Waals surface area contributed by atoms with E-state index in [4.69, 9.17) is 0 Å². The molecule has 4 fully saturated rings. The van der Waals surface area contributed by atoms with E-state index in [0.717, 1.165) is 38.5 Å². The second-order valence-corrected chi connectivity index (χ2v) is 9.22. The van der Waals surface area contributed by atoms with Crippen LogP contribution in [0.3, 0.4) is 0 Å². The molecule has 4 aliphatic carbocycles. The SMILES string of the molecule is C=C1CC[C@H]2C3C(=O)[C@H](O)[C@H]4C[C@@H](O)CC[C@]4(C)[C@H]3CC[C@]12C. The molecule has 0 heterocycles. The van der Waals surface area contributed by atoms with Crippen LogP contribution in [0.1, 0.15) is 58.8 Å². The van der Waals surface area contributed by atoms with Gasteiger partial charge in [0.25, 0.3) is 0 Å². The second-order valence-electron chi connectivity index (χ2n) is 9.22. The molecule has 0 aromatic rings. The predicted molar refractivity (Wildman–Crippen MR) is 88.7 cm³/mol. The van der Waals surface area contributed by atoms with Crippen LogP contribution < -0.4 is 0 Å². The zero-order chi connectivity index (χ0) is 16.6. The molecular weight excluding hydrogens is 288 g/mol. The van der Waals surface area contributed by atoms with Crippen molar-refractivity contribution < 1.29 is 15.0 Å². The van der Waals surface area contributed by atoms with Crippen LogP contribution in [0, 0.1) is 34.5 Å². The minimum atomic E-state index is -0.882. The molecule has 2 N–H and O–H groups in total. The first-order chi connectivity index (χ1) is 10.8. The van der Waals surface area contributed by atoms with Crippen LogP contribution in [0.2, 0.25) is 0 Å². The molecule has 0 amide bonds. The Bertz CT molecular complexity index is 555. The van der Waals surface area contributed by atoms with E-state index in [1.165, 1.54) is 5.57 Å². The Morgan fingerprint density at radius 2 is 1.78 bits per heavy atom. The summed E-state index contributed by atoms with van der Waals surface area (Å²) in [6.07, 6.45) is 5.39. The Morgan fingerprint density at radius 1 is 1.04 bits per heavy atom. The number of hydrogen-bond acceptors (Lipinski definition) is 3. The van der Waals surface area contributed by atoms with Gasteiger partial charge in [-0.05, 0) is 67.6 Å². The van der Waals surface area contributed by atoms with Gasteiger partial charge in [0.15, 0.2) is 5.78 Å². The number of aliphatic hydroxyl groups is 2. The summed E-state index contributed by atoms with van der Waals surface area (Å²) in [4.78, 5) is 13.1. The largest absolute Gasteiger partial charge is 0.393 e. The monoisotopic (exact) mass is 318 g/mol. The molecule has 1 unspecified atom stereocenters.